The summed E-state index contributed by atoms with van der Waals surface area (Å²) in [6.07, 6.45) is 1.66. The fraction of sp³-hybridized carbons (Fsp3) is 0.235. The zero-order valence-corrected chi connectivity index (χ0v) is 16.7. The Morgan fingerprint density at radius 1 is 1.20 bits per heavy atom. The van der Waals surface area contributed by atoms with E-state index < -0.39 is 15.9 Å². The van der Waals surface area contributed by atoms with E-state index in [4.69, 9.17) is 11.6 Å². The summed E-state index contributed by atoms with van der Waals surface area (Å²) in [4.78, 5) is 12.5. The number of halogens is 2. The monoisotopic (exact) mass is 444 g/mol. The van der Waals surface area contributed by atoms with E-state index in [9.17, 15) is 13.2 Å². The van der Waals surface area contributed by atoms with Gasteiger partial charge in [-0.1, -0.05) is 46.9 Å². The third-order valence-corrected chi connectivity index (χ3v) is 5.68. The molecule has 2 N–H and O–H groups in total. The first-order chi connectivity index (χ1) is 11.8. The maximum atomic E-state index is 12.4. The van der Waals surface area contributed by atoms with Crippen molar-refractivity contribution in [2.24, 2.45) is 0 Å². The van der Waals surface area contributed by atoms with Crippen LogP contribution >= 0.6 is 27.5 Å². The van der Waals surface area contributed by atoms with Crippen LogP contribution in [-0.4, -0.2) is 20.9 Å². The molecule has 2 rings (SSSR count). The number of unbranched alkanes of at least 4 members (excludes halogenated alkanes) is 1. The minimum atomic E-state index is -3.61. The van der Waals surface area contributed by atoms with Crippen molar-refractivity contribution in [1.82, 2.24) is 4.72 Å². The highest BCUT2D eigenvalue weighted by molar-refractivity contribution is 9.10. The van der Waals surface area contributed by atoms with Crippen molar-refractivity contribution in [1.29, 1.82) is 0 Å². The van der Waals surface area contributed by atoms with Gasteiger partial charge in [-0.05, 0) is 42.8 Å². The van der Waals surface area contributed by atoms with Crippen LogP contribution in [0.2, 0.25) is 5.02 Å². The Balaban J connectivity index is 2.19. The van der Waals surface area contributed by atoms with Crippen LogP contribution in [0.3, 0.4) is 0 Å². The molecule has 0 radical (unpaired) electrons. The van der Waals surface area contributed by atoms with Gasteiger partial charge in [-0.15, -0.1) is 0 Å². The topological polar surface area (TPSA) is 75.3 Å². The number of amides is 1. The summed E-state index contributed by atoms with van der Waals surface area (Å²) in [5.41, 5.74) is 0.671. The van der Waals surface area contributed by atoms with E-state index >= 15 is 0 Å². The third kappa shape index (κ3) is 5.54. The molecule has 2 aromatic rings. The quantitative estimate of drug-likeness (QED) is 0.619. The molecule has 0 atom stereocenters. The Morgan fingerprint density at radius 3 is 2.68 bits per heavy atom. The molecule has 5 nitrogen and oxygen atoms in total. The first kappa shape index (κ1) is 19.9. The van der Waals surface area contributed by atoms with Crippen molar-refractivity contribution >= 4 is 49.1 Å². The summed E-state index contributed by atoms with van der Waals surface area (Å²) in [7, 11) is -3.61. The number of benzene rings is 2. The summed E-state index contributed by atoms with van der Waals surface area (Å²) in [6.45, 7) is 2.36. The number of carbonyl (C=O) groups is 1. The van der Waals surface area contributed by atoms with Gasteiger partial charge in [0.15, 0.2) is 0 Å². The van der Waals surface area contributed by atoms with Crippen molar-refractivity contribution in [3.05, 3.63) is 57.5 Å². The van der Waals surface area contributed by atoms with Crippen LogP contribution in [0.5, 0.6) is 0 Å². The maximum absolute atomic E-state index is 12.4. The summed E-state index contributed by atoms with van der Waals surface area (Å²) in [5.74, 6) is -0.417. The molecular formula is C17H18BrClN2O3S. The number of hydrogen-bond acceptors (Lipinski definition) is 3. The van der Waals surface area contributed by atoms with E-state index in [1.807, 2.05) is 6.92 Å². The first-order valence-electron chi connectivity index (χ1n) is 7.69. The van der Waals surface area contributed by atoms with Gasteiger partial charge in [-0.2, -0.15) is 0 Å². The van der Waals surface area contributed by atoms with Crippen molar-refractivity contribution in [3.63, 3.8) is 0 Å². The van der Waals surface area contributed by atoms with Gasteiger partial charge in [-0.3, -0.25) is 4.79 Å². The van der Waals surface area contributed by atoms with Crippen LogP contribution in [0.25, 0.3) is 0 Å². The van der Waals surface area contributed by atoms with Crippen molar-refractivity contribution in [2.75, 3.05) is 11.9 Å². The molecule has 0 bridgehead atoms. The Labute approximate surface area is 161 Å². The van der Waals surface area contributed by atoms with Gasteiger partial charge in [0.25, 0.3) is 5.91 Å². The Morgan fingerprint density at radius 2 is 1.96 bits per heavy atom. The SMILES string of the molecule is CCCCNS(=O)(=O)c1cccc(NC(=O)c2cc(Br)ccc2Cl)c1. The van der Waals surface area contributed by atoms with E-state index in [1.54, 1.807) is 30.3 Å². The molecule has 0 saturated carbocycles. The highest BCUT2D eigenvalue weighted by Crippen LogP contribution is 2.23. The third-order valence-electron chi connectivity index (χ3n) is 3.40. The average Bonchev–Trinajstić information content (AvgIpc) is 2.57. The molecule has 0 aliphatic heterocycles. The Kier molecular flexibility index (Phi) is 7.01. The van der Waals surface area contributed by atoms with Crippen LogP contribution in [0, 0.1) is 0 Å². The van der Waals surface area contributed by atoms with Gasteiger partial charge in [-0.25, -0.2) is 13.1 Å². The molecule has 0 fully saturated rings. The zero-order valence-electron chi connectivity index (χ0n) is 13.6. The normalized spacial score (nSPS) is 11.3. The summed E-state index contributed by atoms with van der Waals surface area (Å²) in [6, 6.07) is 11.0. The number of rotatable bonds is 7. The first-order valence-corrected chi connectivity index (χ1v) is 10.3. The molecule has 1 amide bonds. The fourth-order valence-electron chi connectivity index (χ4n) is 2.08. The molecule has 2 aromatic carbocycles. The highest BCUT2D eigenvalue weighted by atomic mass is 79.9. The smallest absolute Gasteiger partial charge is 0.257 e. The zero-order chi connectivity index (χ0) is 18.4. The Bertz CT molecular complexity index is 872. The fourth-order valence-corrected chi connectivity index (χ4v) is 3.76. The predicted molar refractivity (Wildman–Crippen MR) is 104 cm³/mol. The van der Waals surface area contributed by atoms with E-state index in [-0.39, 0.29) is 4.90 Å². The lowest BCUT2D eigenvalue weighted by Crippen LogP contribution is -2.24. The summed E-state index contributed by atoms with van der Waals surface area (Å²) in [5, 5.41) is 2.98. The molecule has 0 aliphatic rings. The second kappa shape index (κ2) is 8.80. The molecule has 134 valence electrons. The van der Waals surface area contributed by atoms with Gasteiger partial charge >= 0.3 is 0 Å². The predicted octanol–water partition coefficient (Wildman–Crippen LogP) is 4.43. The van der Waals surface area contributed by atoms with Gasteiger partial charge in [0.2, 0.25) is 10.0 Å². The number of hydrogen-bond donors (Lipinski definition) is 2. The minimum absolute atomic E-state index is 0.0988. The van der Waals surface area contributed by atoms with E-state index in [2.05, 4.69) is 26.0 Å². The molecule has 0 heterocycles. The van der Waals surface area contributed by atoms with Crippen molar-refractivity contribution in [2.45, 2.75) is 24.7 Å². The standard InChI is InChI=1S/C17H18BrClN2O3S/c1-2-3-9-20-25(23,24)14-6-4-5-13(11-14)21-17(22)15-10-12(18)7-8-16(15)19/h4-8,10-11,20H,2-3,9H2,1H3,(H,21,22). The van der Waals surface area contributed by atoms with Crippen LogP contribution in [-0.2, 0) is 10.0 Å². The van der Waals surface area contributed by atoms with E-state index in [1.165, 1.54) is 12.1 Å². The van der Waals surface area contributed by atoms with Gasteiger partial charge in [0.05, 0.1) is 15.5 Å². The van der Waals surface area contributed by atoms with Gasteiger partial charge in [0.1, 0.15) is 0 Å². The highest BCUT2D eigenvalue weighted by Gasteiger charge is 2.15. The van der Waals surface area contributed by atoms with Crippen LogP contribution in [0.15, 0.2) is 51.8 Å². The number of sulfonamides is 1. The van der Waals surface area contributed by atoms with Crippen LogP contribution in [0.4, 0.5) is 5.69 Å². The van der Waals surface area contributed by atoms with Gasteiger partial charge < -0.3 is 5.32 Å². The number of anilines is 1. The number of carbonyl (C=O) groups excluding carboxylic acids is 1. The van der Waals surface area contributed by atoms with E-state index in [0.29, 0.717) is 22.8 Å². The largest absolute Gasteiger partial charge is 0.322 e. The lowest BCUT2D eigenvalue weighted by atomic mass is 10.2. The second-order valence-electron chi connectivity index (χ2n) is 5.36. The lowest BCUT2D eigenvalue weighted by molar-refractivity contribution is 0.102. The maximum Gasteiger partial charge on any atom is 0.257 e. The summed E-state index contributed by atoms with van der Waals surface area (Å²) >= 11 is 9.34. The number of nitrogens with one attached hydrogen (secondary N) is 2. The molecular weight excluding hydrogens is 428 g/mol. The summed E-state index contributed by atoms with van der Waals surface area (Å²) < 4.78 is 27.8. The second-order valence-corrected chi connectivity index (χ2v) is 8.45. The van der Waals surface area contributed by atoms with Crippen LogP contribution in [0.1, 0.15) is 30.1 Å². The minimum Gasteiger partial charge on any atom is -0.322 e. The molecule has 0 aliphatic carbocycles. The molecule has 0 aromatic heterocycles. The lowest BCUT2D eigenvalue weighted by Gasteiger charge is -2.10. The molecule has 0 unspecified atom stereocenters. The Hall–Kier alpha value is -1.41. The molecule has 25 heavy (non-hydrogen) atoms. The molecule has 0 spiro atoms. The van der Waals surface area contributed by atoms with Crippen LogP contribution < -0.4 is 10.0 Å². The van der Waals surface area contributed by atoms with Crippen molar-refractivity contribution < 1.29 is 13.2 Å². The average molecular weight is 446 g/mol. The van der Waals surface area contributed by atoms with Gasteiger partial charge in [0, 0.05) is 16.7 Å². The van der Waals surface area contributed by atoms with E-state index in [0.717, 1.165) is 17.3 Å². The molecule has 0 saturated heterocycles. The molecule has 8 heteroatoms. The van der Waals surface area contributed by atoms with Crippen molar-refractivity contribution in [3.8, 4) is 0 Å².